The van der Waals surface area contributed by atoms with Gasteiger partial charge in [0.2, 0.25) is 11.8 Å². The second-order valence-electron chi connectivity index (χ2n) is 7.15. The van der Waals surface area contributed by atoms with E-state index in [1.165, 1.54) is 0 Å². The van der Waals surface area contributed by atoms with Gasteiger partial charge >= 0.3 is 0 Å². The SMILES string of the molecule is CCCNC(=O)C(C)N(Cc1ccccc1)C(=O)Cc1cc(C)cc(C)c1. The maximum absolute atomic E-state index is 13.1. The van der Waals surface area contributed by atoms with Gasteiger partial charge in [0.05, 0.1) is 6.42 Å². The summed E-state index contributed by atoms with van der Waals surface area (Å²) in [6.07, 6.45) is 1.16. The van der Waals surface area contributed by atoms with E-state index in [-0.39, 0.29) is 11.8 Å². The van der Waals surface area contributed by atoms with Gasteiger partial charge in [-0.3, -0.25) is 9.59 Å². The molecule has 0 aliphatic heterocycles. The second-order valence-corrected chi connectivity index (χ2v) is 7.15. The molecule has 2 aromatic carbocycles. The van der Waals surface area contributed by atoms with Gasteiger partial charge < -0.3 is 10.2 Å². The Morgan fingerprint density at radius 3 is 2.22 bits per heavy atom. The number of carbonyl (C=O) groups is 2. The van der Waals surface area contributed by atoms with Crippen molar-refractivity contribution in [1.82, 2.24) is 10.2 Å². The summed E-state index contributed by atoms with van der Waals surface area (Å²) in [6, 6.07) is 15.4. The molecule has 0 saturated carbocycles. The molecule has 2 amide bonds. The molecule has 27 heavy (non-hydrogen) atoms. The van der Waals surface area contributed by atoms with Crippen LogP contribution in [0.15, 0.2) is 48.5 Å². The van der Waals surface area contributed by atoms with Crippen LogP contribution in [0, 0.1) is 13.8 Å². The standard InChI is InChI=1S/C23H30N2O2/c1-5-11-24-23(27)19(4)25(16-20-9-7-6-8-10-20)22(26)15-21-13-17(2)12-18(3)14-21/h6-10,12-14,19H,5,11,15-16H2,1-4H3,(H,24,27). The second kappa shape index (κ2) is 9.91. The molecule has 2 aromatic rings. The number of aryl methyl sites for hydroxylation is 2. The van der Waals surface area contributed by atoms with E-state index in [1.807, 2.05) is 63.2 Å². The summed E-state index contributed by atoms with van der Waals surface area (Å²) in [6.45, 7) is 8.91. The largest absolute Gasteiger partial charge is 0.354 e. The van der Waals surface area contributed by atoms with Crippen LogP contribution < -0.4 is 5.32 Å². The van der Waals surface area contributed by atoms with Crippen LogP contribution in [-0.2, 0) is 22.6 Å². The molecule has 4 nitrogen and oxygen atoms in total. The van der Waals surface area contributed by atoms with Crippen LogP contribution >= 0.6 is 0 Å². The monoisotopic (exact) mass is 366 g/mol. The number of hydrogen-bond acceptors (Lipinski definition) is 2. The molecule has 0 spiro atoms. The van der Waals surface area contributed by atoms with Crippen LogP contribution in [0.2, 0.25) is 0 Å². The minimum absolute atomic E-state index is 0.0389. The van der Waals surface area contributed by atoms with E-state index in [0.717, 1.165) is 28.7 Å². The lowest BCUT2D eigenvalue weighted by Gasteiger charge is -2.29. The number of carbonyl (C=O) groups excluding carboxylic acids is 2. The predicted molar refractivity (Wildman–Crippen MR) is 109 cm³/mol. The third kappa shape index (κ3) is 6.24. The Morgan fingerprint density at radius 2 is 1.63 bits per heavy atom. The summed E-state index contributed by atoms with van der Waals surface area (Å²) in [5.41, 5.74) is 4.28. The van der Waals surface area contributed by atoms with E-state index < -0.39 is 6.04 Å². The molecular weight excluding hydrogens is 336 g/mol. The van der Waals surface area contributed by atoms with E-state index >= 15 is 0 Å². The average molecular weight is 367 g/mol. The lowest BCUT2D eigenvalue weighted by Crippen LogP contribution is -2.48. The summed E-state index contributed by atoms with van der Waals surface area (Å²) < 4.78 is 0. The lowest BCUT2D eigenvalue weighted by atomic mass is 10.0. The highest BCUT2D eigenvalue weighted by molar-refractivity contribution is 5.88. The topological polar surface area (TPSA) is 49.4 Å². The number of hydrogen-bond donors (Lipinski definition) is 1. The van der Waals surface area contributed by atoms with Crippen LogP contribution in [-0.4, -0.2) is 29.3 Å². The summed E-state index contributed by atoms with van der Waals surface area (Å²) in [5, 5.41) is 2.90. The van der Waals surface area contributed by atoms with Crippen molar-refractivity contribution in [2.24, 2.45) is 0 Å². The molecule has 0 aromatic heterocycles. The van der Waals surface area contributed by atoms with E-state index in [2.05, 4.69) is 11.4 Å². The molecule has 1 N–H and O–H groups in total. The first-order valence-corrected chi connectivity index (χ1v) is 9.59. The molecule has 0 bridgehead atoms. The van der Waals surface area contributed by atoms with Crippen molar-refractivity contribution in [1.29, 1.82) is 0 Å². The molecule has 0 radical (unpaired) electrons. The molecule has 0 aliphatic rings. The Balaban J connectivity index is 2.21. The Bertz CT molecular complexity index is 751. The quantitative estimate of drug-likeness (QED) is 0.773. The minimum atomic E-state index is -0.518. The lowest BCUT2D eigenvalue weighted by molar-refractivity contribution is -0.140. The molecule has 1 unspecified atom stereocenters. The number of benzene rings is 2. The number of nitrogens with zero attached hydrogens (tertiary/aromatic N) is 1. The van der Waals surface area contributed by atoms with Gasteiger partial charge in [-0.25, -0.2) is 0 Å². The Hall–Kier alpha value is -2.62. The molecule has 0 fully saturated rings. The predicted octanol–water partition coefficient (Wildman–Crippen LogP) is 3.79. The van der Waals surface area contributed by atoms with Gasteiger partial charge in [0.25, 0.3) is 0 Å². The van der Waals surface area contributed by atoms with Gasteiger partial charge in [-0.15, -0.1) is 0 Å². The van der Waals surface area contributed by atoms with Crippen molar-refractivity contribution in [2.75, 3.05) is 6.54 Å². The normalized spacial score (nSPS) is 11.7. The Labute approximate surface area is 162 Å². The van der Waals surface area contributed by atoms with Crippen molar-refractivity contribution >= 4 is 11.8 Å². The Morgan fingerprint density at radius 1 is 1.00 bits per heavy atom. The first-order chi connectivity index (χ1) is 12.9. The third-order valence-electron chi connectivity index (χ3n) is 4.55. The van der Waals surface area contributed by atoms with Gasteiger partial charge in [0.1, 0.15) is 6.04 Å². The van der Waals surface area contributed by atoms with Crippen molar-refractivity contribution in [3.63, 3.8) is 0 Å². The first-order valence-electron chi connectivity index (χ1n) is 9.59. The molecule has 144 valence electrons. The highest BCUT2D eigenvalue weighted by Crippen LogP contribution is 2.14. The van der Waals surface area contributed by atoms with E-state index in [0.29, 0.717) is 19.5 Å². The van der Waals surface area contributed by atoms with Gasteiger partial charge in [0, 0.05) is 13.1 Å². The number of amides is 2. The van der Waals surface area contributed by atoms with E-state index in [4.69, 9.17) is 0 Å². The zero-order valence-electron chi connectivity index (χ0n) is 16.8. The van der Waals surface area contributed by atoms with Gasteiger partial charge in [-0.05, 0) is 38.3 Å². The molecule has 1 atom stereocenters. The number of rotatable bonds is 8. The van der Waals surface area contributed by atoms with Crippen molar-refractivity contribution in [2.45, 2.75) is 53.1 Å². The van der Waals surface area contributed by atoms with E-state index in [9.17, 15) is 9.59 Å². The van der Waals surface area contributed by atoms with Gasteiger partial charge in [-0.2, -0.15) is 0 Å². The molecule has 2 rings (SSSR count). The fourth-order valence-corrected chi connectivity index (χ4v) is 3.21. The summed E-state index contributed by atoms with van der Waals surface area (Å²) in [4.78, 5) is 27.3. The zero-order chi connectivity index (χ0) is 19.8. The van der Waals surface area contributed by atoms with E-state index in [1.54, 1.807) is 11.8 Å². The van der Waals surface area contributed by atoms with Crippen LogP contribution in [0.3, 0.4) is 0 Å². The van der Waals surface area contributed by atoms with Crippen molar-refractivity contribution < 1.29 is 9.59 Å². The third-order valence-corrected chi connectivity index (χ3v) is 4.55. The van der Waals surface area contributed by atoms with Crippen LogP contribution in [0.4, 0.5) is 0 Å². The minimum Gasteiger partial charge on any atom is -0.354 e. The van der Waals surface area contributed by atoms with Crippen molar-refractivity contribution in [3.8, 4) is 0 Å². The van der Waals surface area contributed by atoms with Crippen LogP contribution in [0.25, 0.3) is 0 Å². The average Bonchev–Trinajstić information content (AvgIpc) is 2.63. The Kier molecular flexibility index (Phi) is 7.59. The van der Waals surface area contributed by atoms with Gasteiger partial charge in [0.15, 0.2) is 0 Å². The maximum Gasteiger partial charge on any atom is 0.242 e. The molecule has 0 heterocycles. The molecular formula is C23H30N2O2. The number of nitrogens with one attached hydrogen (secondary N) is 1. The fraction of sp³-hybridized carbons (Fsp3) is 0.391. The van der Waals surface area contributed by atoms with Gasteiger partial charge in [-0.1, -0.05) is 66.6 Å². The molecule has 4 heteroatoms. The smallest absolute Gasteiger partial charge is 0.242 e. The highest BCUT2D eigenvalue weighted by Gasteiger charge is 2.26. The van der Waals surface area contributed by atoms with Crippen LogP contribution in [0.5, 0.6) is 0 Å². The summed E-state index contributed by atoms with van der Waals surface area (Å²) in [5.74, 6) is -0.149. The summed E-state index contributed by atoms with van der Waals surface area (Å²) in [7, 11) is 0. The van der Waals surface area contributed by atoms with Crippen molar-refractivity contribution in [3.05, 3.63) is 70.8 Å². The highest BCUT2D eigenvalue weighted by atomic mass is 16.2. The molecule has 0 aliphatic carbocycles. The fourth-order valence-electron chi connectivity index (χ4n) is 3.21. The summed E-state index contributed by atoms with van der Waals surface area (Å²) >= 11 is 0. The zero-order valence-corrected chi connectivity index (χ0v) is 16.8. The maximum atomic E-state index is 13.1. The first kappa shape index (κ1) is 20.7. The molecule has 0 saturated heterocycles. The van der Waals surface area contributed by atoms with Crippen LogP contribution in [0.1, 0.15) is 42.5 Å².